The van der Waals surface area contributed by atoms with Crippen LogP contribution in [-0.2, 0) is 16.6 Å². The first-order chi connectivity index (χ1) is 14.0. The molecule has 1 spiro atoms. The molecule has 2 aromatic rings. The second-order valence-corrected chi connectivity index (χ2v) is 8.67. The minimum absolute atomic E-state index is 0.264. The molecule has 10 nitrogen and oxygen atoms in total. The van der Waals surface area contributed by atoms with Gasteiger partial charge < -0.3 is 14.1 Å². The van der Waals surface area contributed by atoms with E-state index in [0.717, 1.165) is 0 Å². The van der Waals surface area contributed by atoms with Crippen LogP contribution in [0.1, 0.15) is 33.6 Å². The molecule has 0 saturated carbocycles. The molecule has 4 rings (SSSR count). The Hall–Kier alpha value is -3.30. The van der Waals surface area contributed by atoms with E-state index < -0.39 is 34.9 Å². The summed E-state index contributed by atoms with van der Waals surface area (Å²) in [4.78, 5) is 52.6. The molecule has 160 valence electrons. The Morgan fingerprint density at radius 1 is 1.17 bits per heavy atom. The minimum atomic E-state index is -1.11. The largest absolute Gasteiger partial charge is 0.444 e. The van der Waals surface area contributed by atoms with Crippen molar-refractivity contribution in [2.75, 3.05) is 18.0 Å². The van der Waals surface area contributed by atoms with Gasteiger partial charge in [-0.2, -0.15) is 0 Å². The number of aromatic nitrogens is 1. The zero-order valence-electron chi connectivity index (χ0n) is 17.4. The van der Waals surface area contributed by atoms with Crippen LogP contribution in [0.4, 0.5) is 15.3 Å². The van der Waals surface area contributed by atoms with Crippen molar-refractivity contribution in [3.8, 4) is 0 Å². The van der Waals surface area contributed by atoms with Gasteiger partial charge in [-0.3, -0.25) is 19.6 Å². The Bertz CT molecular complexity index is 1100. The maximum atomic E-state index is 12.8. The molecule has 0 bridgehead atoms. The highest BCUT2D eigenvalue weighted by Crippen LogP contribution is 2.38. The second-order valence-electron chi connectivity index (χ2n) is 8.67. The number of nitrogens with one attached hydrogen (secondary N) is 1. The summed E-state index contributed by atoms with van der Waals surface area (Å²) in [6, 6.07) is 4.40. The number of benzene rings is 1. The van der Waals surface area contributed by atoms with Crippen molar-refractivity contribution in [3.63, 3.8) is 0 Å². The van der Waals surface area contributed by atoms with Crippen LogP contribution >= 0.6 is 0 Å². The van der Waals surface area contributed by atoms with Crippen LogP contribution in [0.5, 0.6) is 0 Å². The number of carbonyl (C=O) groups excluding carboxylic acids is 3. The average Bonchev–Trinajstić information content (AvgIpc) is 3.06. The molecule has 10 heteroatoms. The minimum Gasteiger partial charge on any atom is -0.444 e. The molecule has 1 N–H and O–H groups in total. The van der Waals surface area contributed by atoms with Gasteiger partial charge in [-0.15, -0.1) is 0 Å². The summed E-state index contributed by atoms with van der Waals surface area (Å²) < 4.78 is 12.0. The molecule has 1 aromatic carbocycles. The van der Waals surface area contributed by atoms with Crippen LogP contribution in [0.25, 0.3) is 11.1 Å². The van der Waals surface area contributed by atoms with Crippen LogP contribution in [0, 0.1) is 0 Å². The lowest BCUT2D eigenvalue weighted by Crippen LogP contribution is -2.58. The lowest BCUT2D eigenvalue weighted by Gasteiger charge is -2.42. The smallest absolute Gasteiger partial charge is 0.419 e. The monoisotopic (exact) mass is 416 g/mol. The Morgan fingerprint density at radius 3 is 2.47 bits per heavy atom. The van der Waals surface area contributed by atoms with Gasteiger partial charge in [0.15, 0.2) is 5.58 Å². The third-order valence-corrected chi connectivity index (χ3v) is 5.55. The summed E-state index contributed by atoms with van der Waals surface area (Å²) in [6.45, 7) is 5.92. The molecule has 30 heavy (non-hydrogen) atoms. The molecule has 2 fully saturated rings. The molecular formula is C20H24N4O6. The van der Waals surface area contributed by atoms with E-state index in [1.54, 1.807) is 50.9 Å². The van der Waals surface area contributed by atoms with Gasteiger partial charge in [0.05, 0.1) is 11.2 Å². The highest BCUT2D eigenvalue weighted by Gasteiger charge is 2.55. The number of fused-ring (bicyclic) bond motifs is 1. The fraction of sp³-hybridized carbons (Fsp3) is 0.500. The molecule has 2 aliphatic heterocycles. The first-order valence-corrected chi connectivity index (χ1v) is 9.75. The van der Waals surface area contributed by atoms with Gasteiger partial charge in [-0.05, 0) is 45.7 Å². The van der Waals surface area contributed by atoms with Crippen LogP contribution in [-0.4, -0.2) is 51.7 Å². The number of anilines is 1. The van der Waals surface area contributed by atoms with Gasteiger partial charge in [0.25, 0.3) is 5.91 Å². The maximum absolute atomic E-state index is 12.8. The lowest BCUT2D eigenvalue weighted by molar-refractivity contribution is -0.124. The van der Waals surface area contributed by atoms with Crippen molar-refractivity contribution in [1.29, 1.82) is 0 Å². The summed E-state index contributed by atoms with van der Waals surface area (Å²) >= 11 is 0. The number of hydrogen-bond donors (Lipinski definition) is 1. The van der Waals surface area contributed by atoms with Gasteiger partial charge in [-0.1, -0.05) is 0 Å². The summed E-state index contributed by atoms with van der Waals surface area (Å²) in [5.41, 5.74) is -0.366. The number of imide groups is 1. The van der Waals surface area contributed by atoms with Crippen LogP contribution in [0.15, 0.2) is 27.4 Å². The number of amides is 4. The molecule has 3 heterocycles. The van der Waals surface area contributed by atoms with E-state index in [2.05, 4.69) is 5.32 Å². The molecule has 2 saturated heterocycles. The number of hydrogen-bond acceptors (Lipinski definition) is 6. The number of oxazole rings is 1. The quantitative estimate of drug-likeness (QED) is 0.711. The molecule has 1 aromatic heterocycles. The standard InChI is InChI=1S/C20H24N4O6/c1-19(2,3)30-18(28)23-9-7-20(8-10-23)15(25)21-16(26)24(20)12-5-6-13-14(11-12)29-17(27)22(13)4/h5-6,11H,7-10H2,1-4H3,(H,21,25,26). The Labute approximate surface area is 172 Å². The fourth-order valence-corrected chi connectivity index (χ4v) is 4.03. The summed E-state index contributed by atoms with van der Waals surface area (Å²) in [5.74, 6) is -0.907. The predicted molar refractivity (Wildman–Crippen MR) is 107 cm³/mol. The number of carbonyl (C=O) groups is 3. The molecular weight excluding hydrogens is 392 g/mol. The normalized spacial score (nSPS) is 18.9. The van der Waals surface area contributed by atoms with Crippen LogP contribution in [0.3, 0.4) is 0 Å². The number of rotatable bonds is 1. The van der Waals surface area contributed by atoms with E-state index in [1.807, 2.05) is 0 Å². The number of nitrogens with zero attached hydrogens (tertiary/aromatic N) is 3. The third kappa shape index (κ3) is 3.12. The van der Waals surface area contributed by atoms with Crippen molar-refractivity contribution < 1.29 is 23.5 Å². The average molecular weight is 416 g/mol. The van der Waals surface area contributed by atoms with E-state index in [1.165, 1.54) is 9.47 Å². The van der Waals surface area contributed by atoms with Gasteiger partial charge in [0, 0.05) is 26.2 Å². The van der Waals surface area contributed by atoms with Crippen molar-refractivity contribution in [2.24, 2.45) is 7.05 Å². The Kier molecular flexibility index (Phi) is 4.41. The molecule has 0 radical (unpaired) electrons. The number of aryl methyl sites for hydroxylation is 1. The van der Waals surface area contributed by atoms with E-state index in [-0.39, 0.29) is 25.9 Å². The zero-order valence-corrected chi connectivity index (χ0v) is 17.4. The van der Waals surface area contributed by atoms with Gasteiger partial charge >= 0.3 is 17.9 Å². The maximum Gasteiger partial charge on any atom is 0.419 e. The SMILES string of the molecule is Cn1c(=O)oc2cc(N3C(=O)NC(=O)C34CCN(C(=O)OC(C)(C)C)CC4)ccc21. The van der Waals surface area contributed by atoms with Crippen LogP contribution < -0.4 is 16.0 Å². The van der Waals surface area contributed by atoms with Crippen molar-refractivity contribution in [2.45, 2.75) is 44.8 Å². The fourth-order valence-electron chi connectivity index (χ4n) is 4.03. The van der Waals surface area contributed by atoms with Gasteiger partial charge in [-0.25, -0.2) is 14.4 Å². The molecule has 4 amide bonds. The molecule has 0 aliphatic carbocycles. The Balaban J connectivity index is 1.63. The summed E-state index contributed by atoms with van der Waals surface area (Å²) in [7, 11) is 1.59. The first kappa shape index (κ1) is 20.0. The topological polar surface area (TPSA) is 114 Å². The summed E-state index contributed by atoms with van der Waals surface area (Å²) in [6.07, 6.45) is 0.0855. The zero-order chi connectivity index (χ0) is 21.8. The Morgan fingerprint density at radius 2 is 1.83 bits per heavy atom. The van der Waals surface area contributed by atoms with Crippen LogP contribution in [0.2, 0.25) is 0 Å². The molecule has 0 unspecified atom stereocenters. The number of urea groups is 1. The number of likely N-dealkylation sites (tertiary alicyclic amines) is 1. The predicted octanol–water partition coefficient (Wildman–Crippen LogP) is 1.96. The van der Waals surface area contributed by atoms with E-state index in [9.17, 15) is 19.2 Å². The van der Waals surface area contributed by atoms with E-state index in [0.29, 0.717) is 16.8 Å². The van der Waals surface area contributed by atoms with Crippen molar-refractivity contribution in [3.05, 3.63) is 28.7 Å². The van der Waals surface area contributed by atoms with Crippen molar-refractivity contribution >= 4 is 34.8 Å². The number of ether oxygens (including phenoxy) is 1. The van der Waals surface area contributed by atoms with Gasteiger partial charge in [0.1, 0.15) is 11.1 Å². The van der Waals surface area contributed by atoms with Gasteiger partial charge in [0.2, 0.25) is 0 Å². The molecule has 0 atom stereocenters. The highest BCUT2D eigenvalue weighted by molar-refractivity contribution is 6.17. The molecule has 2 aliphatic rings. The highest BCUT2D eigenvalue weighted by atomic mass is 16.6. The third-order valence-electron chi connectivity index (χ3n) is 5.55. The number of piperidine rings is 1. The first-order valence-electron chi connectivity index (χ1n) is 9.75. The summed E-state index contributed by atoms with van der Waals surface area (Å²) in [5, 5.41) is 2.39. The van der Waals surface area contributed by atoms with E-state index in [4.69, 9.17) is 9.15 Å². The second kappa shape index (κ2) is 6.61. The lowest BCUT2D eigenvalue weighted by atomic mass is 9.85. The van der Waals surface area contributed by atoms with E-state index >= 15 is 0 Å². The van der Waals surface area contributed by atoms with Crippen molar-refractivity contribution in [1.82, 2.24) is 14.8 Å².